The van der Waals surface area contributed by atoms with Gasteiger partial charge in [0.2, 0.25) is 5.91 Å². The molecule has 1 aliphatic rings. The van der Waals surface area contributed by atoms with E-state index in [2.05, 4.69) is 53.4 Å². The van der Waals surface area contributed by atoms with Gasteiger partial charge in [0.1, 0.15) is 5.75 Å². The number of nitrogens with one attached hydrogen (secondary N) is 2. The minimum atomic E-state index is 0.139. The van der Waals surface area contributed by atoms with Crippen molar-refractivity contribution in [2.45, 2.75) is 46.5 Å². The van der Waals surface area contributed by atoms with E-state index in [0.717, 1.165) is 50.6 Å². The van der Waals surface area contributed by atoms with Crippen molar-refractivity contribution in [2.75, 3.05) is 40.3 Å². The van der Waals surface area contributed by atoms with E-state index >= 15 is 0 Å². The number of hydrogen-bond acceptors (Lipinski definition) is 3. The molecule has 0 bridgehead atoms. The summed E-state index contributed by atoms with van der Waals surface area (Å²) in [5.41, 5.74) is 3.72. The van der Waals surface area contributed by atoms with Crippen LogP contribution < -0.4 is 15.4 Å². The van der Waals surface area contributed by atoms with E-state index in [0.29, 0.717) is 18.9 Å². The van der Waals surface area contributed by atoms with Gasteiger partial charge in [-0.15, -0.1) is 0 Å². The van der Waals surface area contributed by atoms with Crippen molar-refractivity contribution in [2.24, 2.45) is 10.9 Å². The monoisotopic (exact) mass is 388 g/mol. The number of likely N-dealkylation sites (tertiary alicyclic amines) is 1. The van der Waals surface area contributed by atoms with E-state index in [1.807, 2.05) is 7.05 Å². The first-order valence-corrected chi connectivity index (χ1v) is 10.3. The van der Waals surface area contributed by atoms with Gasteiger partial charge in [-0.2, -0.15) is 0 Å². The number of guanidine groups is 1. The highest BCUT2D eigenvalue weighted by Crippen LogP contribution is 2.23. The van der Waals surface area contributed by atoms with Crippen molar-refractivity contribution < 1.29 is 9.53 Å². The Balaban J connectivity index is 1.70. The Kier molecular flexibility index (Phi) is 8.61. The lowest BCUT2D eigenvalue weighted by molar-refractivity contribution is -0.121. The number of nitrogens with zero attached hydrogens (tertiary/aromatic N) is 2. The number of aryl methyl sites for hydroxylation is 2. The maximum absolute atomic E-state index is 11.5. The Morgan fingerprint density at radius 1 is 1.25 bits per heavy atom. The largest absolute Gasteiger partial charge is 0.493 e. The highest BCUT2D eigenvalue weighted by atomic mass is 16.5. The van der Waals surface area contributed by atoms with Crippen LogP contribution in [0, 0.1) is 26.7 Å². The Bertz CT molecular complexity index is 679. The number of rotatable bonds is 7. The lowest BCUT2D eigenvalue weighted by atomic mass is 9.93. The molecule has 2 rings (SSSR count). The molecular formula is C22H36N4O2. The van der Waals surface area contributed by atoms with Crippen LogP contribution in [-0.2, 0) is 4.79 Å². The Hall–Kier alpha value is -2.24. The second-order valence-corrected chi connectivity index (χ2v) is 7.69. The van der Waals surface area contributed by atoms with Crippen LogP contribution in [0.4, 0.5) is 0 Å². The van der Waals surface area contributed by atoms with E-state index in [1.165, 1.54) is 16.7 Å². The van der Waals surface area contributed by atoms with Crippen molar-refractivity contribution >= 4 is 11.9 Å². The molecule has 6 heteroatoms. The molecule has 0 saturated carbocycles. The Morgan fingerprint density at radius 2 is 1.96 bits per heavy atom. The molecule has 0 aromatic heterocycles. The molecule has 28 heavy (non-hydrogen) atoms. The van der Waals surface area contributed by atoms with Gasteiger partial charge >= 0.3 is 0 Å². The highest BCUT2D eigenvalue weighted by molar-refractivity contribution is 5.80. The standard InChI is InChI=1S/C22H36N4O2/c1-16-13-17(2)18(3)20(14-16)28-12-6-9-25-22(24-5)26-10-7-19(8-11-26)15-21(27)23-4/h13-14,19H,6-12,15H2,1-5H3,(H,23,27)(H,24,25). The predicted molar refractivity (Wildman–Crippen MR) is 115 cm³/mol. The van der Waals surface area contributed by atoms with E-state index in [9.17, 15) is 4.79 Å². The number of piperidine rings is 1. The van der Waals surface area contributed by atoms with Crippen LogP contribution >= 0.6 is 0 Å². The molecule has 2 N–H and O–H groups in total. The van der Waals surface area contributed by atoms with Gasteiger partial charge in [-0.1, -0.05) is 6.07 Å². The molecule has 0 spiro atoms. The van der Waals surface area contributed by atoms with Gasteiger partial charge in [-0.25, -0.2) is 0 Å². The maximum Gasteiger partial charge on any atom is 0.220 e. The van der Waals surface area contributed by atoms with Crippen molar-refractivity contribution in [3.63, 3.8) is 0 Å². The number of aliphatic imine (C=N–C) groups is 1. The molecule has 0 unspecified atom stereocenters. The van der Waals surface area contributed by atoms with Crippen molar-refractivity contribution in [3.8, 4) is 5.75 Å². The normalized spacial score (nSPS) is 15.5. The lowest BCUT2D eigenvalue weighted by Gasteiger charge is -2.34. The van der Waals surface area contributed by atoms with Gasteiger partial charge < -0.3 is 20.3 Å². The summed E-state index contributed by atoms with van der Waals surface area (Å²) in [6, 6.07) is 4.29. The topological polar surface area (TPSA) is 66.0 Å². The second-order valence-electron chi connectivity index (χ2n) is 7.69. The zero-order chi connectivity index (χ0) is 20.5. The van der Waals surface area contributed by atoms with Gasteiger partial charge in [0.15, 0.2) is 5.96 Å². The van der Waals surface area contributed by atoms with Crippen molar-refractivity contribution in [1.29, 1.82) is 0 Å². The quantitative estimate of drug-likeness (QED) is 0.428. The molecule has 1 fully saturated rings. The fourth-order valence-corrected chi connectivity index (χ4v) is 3.65. The summed E-state index contributed by atoms with van der Waals surface area (Å²) in [6.45, 7) is 9.73. The molecule has 1 heterocycles. The summed E-state index contributed by atoms with van der Waals surface area (Å²) < 4.78 is 5.99. The molecule has 0 aliphatic carbocycles. The molecule has 1 aromatic carbocycles. The second kappa shape index (κ2) is 10.9. The first kappa shape index (κ1) is 22.1. The Morgan fingerprint density at radius 3 is 2.61 bits per heavy atom. The molecule has 1 amide bonds. The average molecular weight is 389 g/mol. The van der Waals surface area contributed by atoms with Crippen LogP contribution in [0.5, 0.6) is 5.75 Å². The maximum atomic E-state index is 11.5. The van der Waals surface area contributed by atoms with E-state index in [-0.39, 0.29) is 5.91 Å². The summed E-state index contributed by atoms with van der Waals surface area (Å²) in [6.07, 6.45) is 3.61. The van der Waals surface area contributed by atoms with Crippen LogP contribution in [-0.4, -0.2) is 57.1 Å². The minimum absolute atomic E-state index is 0.139. The average Bonchev–Trinajstić information content (AvgIpc) is 2.69. The lowest BCUT2D eigenvalue weighted by Crippen LogP contribution is -2.46. The molecule has 1 aromatic rings. The molecule has 6 nitrogen and oxygen atoms in total. The van der Waals surface area contributed by atoms with Gasteiger partial charge in [-0.05, 0) is 68.7 Å². The SMILES string of the molecule is CN=C(NCCCOc1cc(C)cc(C)c1C)N1CCC(CC(=O)NC)CC1. The summed E-state index contributed by atoms with van der Waals surface area (Å²) in [4.78, 5) is 18.2. The van der Waals surface area contributed by atoms with Gasteiger partial charge in [0, 0.05) is 40.2 Å². The molecule has 1 aliphatic heterocycles. The van der Waals surface area contributed by atoms with Crippen LogP contribution in [0.1, 0.15) is 42.4 Å². The zero-order valence-electron chi connectivity index (χ0n) is 18.1. The van der Waals surface area contributed by atoms with Gasteiger partial charge in [-0.3, -0.25) is 9.79 Å². The predicted octanol–water partition coefficient (Wildman–Crippen LogP) is 2.80. The number of carbonyl (C=O) groups excluding carboxylic acids is 1. The van der Waals surface area contributed by atoms with Crippen LogP contribution in [0.25, 0.3) is 0 Å². The van der Waals surface area contributed by atoms with E-state index < -0.39 is 0 Å². The van der Waals surface area contributed by atoms with Gasteiger partial charge in [0.25, 0.3) is 0 Å². The summed E-state index contributed by atoms with van der Waals surface area (Å²) in [5.74, 6) is 2.55. The zero-order valence-corrected chi connectivity index (χ0v) is 18.1. The number of hydrogen-bond donors (Lipinski definition) is 2. The van der Waals surface area contributed by atoms with Gasteiger partial charge in [0.05, 0.1) is 6.61 Å². The smallest absolute Gasteiger partial charge is 0.220 e. The first-order chi connectivity index (χ1) is 13.4. The number of benzene rings is 1. The van der Waals surface area contributed by atoms with E-state index in [1.54, 1.807) is 7.05 Å². The number of carbonyl (C=O) groups is 1. The van der Waals surface area contributed by atoms with E-state index in [4.69, 9.17) is 4.74 Å². The highest BCUT2D eigenvalue weighted by Gasteiger charge is 2.22. The summed E-state index contributed by atoms with van der Waals surface area (Å²) in [7, 11) is 3.53. The molecule has 156 valence electrons. The van der Waals surface area contributed by atoms with Crippen molar-refractivity contribution in [3.05, 3.63) is 28.8 Å². The Labute approximate surface area is 169 Å². The number of ether oxygens (including phenoxy) is 1. The van der Waals surface area contributed by atoms with Crippen LogP contribution in [0.3, 0.4) is 0 Å². The number of amides is 1. The fraction of sp³-hybridized carbons (Fsp3) is 0.636. The van der Waals surface area contributed by atoms with Crippen molar-refractivity contribution in [1.82, 2.24) is 15.5 Å². The molecule has 0 atom stereocenters. The summed E-state index contributed by atoms with van der Waals surface area (Å²) >= 11 is 0. The van der Waals surface area contributed by atoms with Crippen LogP contribution in [0.15, 0.2) is 17.1 Å². The third-order valence-corrected chi connectivity index (χ3v) is 5.50. The minimum Gasteiger partial charge on any atom is -0.493 e. The molecular weight excluding hydrogens is 352 g/mol. The fourth-order valence-electron chi connectivity index (χ4n) is 3.65. The molecule has 1 saturated heterocycles. The third kappa shape index (κ3) is 6.43. The summed E-state index contributed by atoms with van der Waals surface area (Å²) in [5, 5.41) is 6.16. The molecule has 0 radical (unpaired) electrons. The first-order valence-electron chi connectivity index (χ1n) is 10.3. The van der Waals surface area contributed by atoms with Crippen LogP contribution in [0.2, 0.25) is 0 Å². The third-order valence-electron chi connectivity index (χ3n) is 5.50.